The zero-order valence-corrected chi connectivity index (χ0v) is 23.0. The molecule has 2 aliphatic rings. The van der Waals surface area contributed by atoms with Crippen LogP contribution in [0.15, 0.2) is 0 Å². The fourth-order valence-corrected chi connectivity index (χ4v) is 3.57. The molecule has 2 rings (SSSR count). The SMILES string of the molecule is C1COCCOCCOCC(C2COCCOCCOCCOCCOCCOC2)COCCOCCO1. The third kappa shape index (κ3) is 20.4. The number of hydrogen-bond acceptors (Lipinski definition) is 12. The summed E-state index contributed by atoms with van der Waals surface area (Å²) in [6, 6.07) is 0. The maximum atomic E-state index is 5.96. The molecular formula is C26H50O12. The summed E-state index contributed by atoms with van der Waals surface area (Å²) < 4.78 is 68.2. The highest BCUT2D eigenvalue weighted by Gasteiger charge is 2.23. The molecule has 0 N–H and O–H groups in total. The van der Waals surface area contributed by atoms with E-state index in [1.807, 2.05) is 0 Å². The molecule has 0 aromatic rings. The van der Waals surface area contributed by atoms with Gasteiger partial charge in [-0.05, 0) is 0 Å². The van der Waals surface area contributed by atoms with Crippen molar-refractivity contribution in [3.63, 3.8) is 0 Å². The largest absolute Gasteiger partial charge is 0.379 e. The van der Waals surface area contributed by atoms with Crippen molar-refractivity contribution in [1.82, 2.24) is 0 Å². The molecule has 0 amide bonds. The topological polar surface area (TPSA) is 111 Å². The van der Waals surface area contributed by atoms with Crippen LogP contribution in [-0.2, 0) is 56.8 Å². The van der Waals surface area contributed by atoms with Crippen molar-refractivity contribution in [2.24, 2.45) is 11.8 Å². The van der Waals surface area contributed by atoms with Crippen LogP contribution < -0.4 is 0 Å². The van der Waals surface area contributed by atoms with Gasteiger partial charge >= 0.3 is 0 Å². The fraction of sp³-hybridized carbons (Fsp3) is 1.00. The normalized spacial score (nSPS) is 25.6. The van der Waals surface area contributed by atoms with E-state index in [0.717, 1.165) is 0 Å². The maximum absolute atomic E-state index is 5.96. The fourth-order valence-electron chi connectivity index (χ4n) is 3.57. The molecule has 0 unspecified atom stereocenters. The highest BCUT2D eigenvalue weighted by molar-refractivity contribution is 4.70. The zero-order chi connectivity index (χ0) is 26.6. The molecule has 12 nitrogen and oxygen atoms in total. The van der Waals surface area contributed by atoms with Crippen LogP contribution in [0.25, 0.3) is 0 Å². The van der Waals surface area contributed by atoms with Crippen LogP contribution in [0.5, 0.6) is 0 Å². The van der Waals surface area contributed by atoms with Crippen molar-refractivity contribution in [1.29, 1.82) is 0 Å². The lowest BCUT2D eigenvalue weighted by Gasteiger charge is -2.27. The first-order valence-corrected chi connectivity index (χ1v) is 13.9. The Hall–Kier alpha value is -0.480. The minimum Gasteiger partial charge on any atom is -0.379 e. The van der Waals surface area contributed by atoms with E-state index >= 15 is 0 Å². The van der Waals surface area contributed by atoms with Gasteiger partial charge in [0.15, 0.2) is 0 Å². The van der Waals surface area contributed by atoms with Gasteiger partial charge in [-0.15, -0.1) is 0 Å². The van der Waals surface area contributed by atoms with Gasteiger partial charge in [-0.3, -0.25) is 0 Å². The molecule has 2 aliphatic heterocycles. The van der Waals surface area contributed by atoms with Crippen LogP contribution in [-0.4, -0.2) is 159 Å². The minimum atomic E-state index is 0.0708. The van der Waals surface area contributed by atoms with Crippen LogP contribution in [0.3, 0.4) is 0 Å². The van der Waals surface area contributed by atoms with Crippen molar-refractivity contribution >= 4 is 0 Å². The Morgan fingerprint density at radius 3 is 0.474 bits per heavy atom. The van der Waals surface area contributed by atoms with E-state index < -0.39 is 0 Å². The summed E-state index contributed by atoms with van der Waals surface area (Å²) in [6.07, 6.45) is 0. The van der Waals surface area contributed by atoms with E-state index in [1.54, 1.807) is 0 Å². The highest BCUT2D eigenvalue weighted by Crippen LogP contribution is 2.16. The summed E-state index contributed by atoms with van der Waals surface area (Å²) in [5, 5.41) is 0. The Morgan fingerprint density at radius 2 is 0.316 bits per heavy atom. The minimum absolute atomic E-state index is 0.0708. The molecule has 0 aromatic carbocycles. The van der Waals surface area contributed by atoms with E-state index in [9.17, 15) is 0 Å². The first-order valence-electron chi connectivity index (χ1n) is 13.9. The van der Waals surface area contributed by atoms with E-state index in [4.69, 9.17) is 56.8 Å². The van der Waals surface area contributed by atoms with Gasteiger partial charge in [0, 0.05) is 11.8 Å². The number of rotatable bonds is 1. The van der Waals surface area contributed by atoms with Gasteiger partial charge in [-0.1, -0.05) is 0 Å². The van der Waals surface area contributed by atoms with Crippen molar-refractivity contribution in [2.45, 2.75) is 0 Å². The predicted octanol–water partition coefficient (Wildman–Crippen LogP) is 0.445. The summed E-state index contributed by atoms with van der Waals surface area (Å²) in [5.74, 6) is 0.142. The summed E-state index contributed by atoms with van der Waals surface area (Å²) in [5.41, 5.74) is 0. The second-order valence-corrected chi connectivity index (χ2v) is 8.72. The van der Waals surface area contributed by atoms with Gasteiger partial charge in [0.2, 0.25) is 0 Å². The lowest BCUT2D eigenvalue weighted by molar-refractivity contribution is -0.0643. The molecule has 226 valence electrons. The second kappa shape index (κ2) is 26.7. The van der Waals surface area contributed by atoms with Crippen LogP contribution in [0.4, 0.5) is 0 Å². The molecule has 2 saturated heterocycles. The van der Waals surface area contributed by atoms with E-state index in [-0.39, 0.29) is 11.8 Å². The zero-order valence-electron chi connectivity index (χ0n) is 23.0. The molecule has 0 saturated carbocycles. The van der Waals surface area contributed by atoms with Crippen molar-refractivity contribution in [2.75, 3.05) is 159 Å². The monoisotopic (exact) mass is 554 g/mol. The van der Waals surface area contributed by atoms with Gasteiger partial charge in [0.1, 0.15) is 0 Å². The first-order chi connectivity index (χ1) is 19.0. The Bertz CT molecular complexity index is 405. The van der Waals surface area contributed by atoms with Crippen LogP contribution >= 0.6 is 0 Å². The highest BCUT2D eigenvalue weighted by atomic mass is 16.6. The standard InChI is InChI=1S/C26H50O12/c1-2-28-6-10-32-14-18-36-22-25(21-35-17-13-31-9-5-27-1)26-23-37-19-15-33-11-7-29-3-4-30-8-12-34-16-20-38-24-26/h25-26H,1-24H2. The second-order valence-electron chi connectivity index (χ2n) is 8.72. The van der Waals surface area contributed by atoms with E-state index in [0.29, 0.717) is 159 Å². The Kier molecular flexibility index (Phi) is 23.7. The molecule has 0 atom stereocenters. The van der Waals surface area contributed by atoms with Crippen LogP contribution in [0.1, 0.15) is 0 Å². The molecule has 0 spiro atoms. The smallest absolute Gasteiger partial charge is 0.0701 e. The third-order valence-electron chi connectivity index (χ3n) is 5.71. The molecule has 0 aliphatic carbocycles. The van der Waals surface area contributed by atoms with Crippen molar-refractivity contribution in [3.8, 4) is 0 Å². The molecule has 38 heavy (non-hydrogen) atoms. The van der Waals surface area contributed by atoms with Gasteiger partial charge in [-0.2, -0.15) is 0 Å². The van der Waals surface area contributed by atoms with E-state index in [2.05, 4.69) is 0 Å². The maximum Gasteiger partial charge on any atom is 0.0701 e. The average molecular weight is 555 g/mol. The molecule has 0 aromatic heterocycles. The van der Waals surface area contributed by atoms with E-state index in [1.165, 1.54) is 0 Å². The summed E-state index contributed by atoms with van der Waals surface area (Å²) in [6.45, 7) is 12.3. The van der Waals surface area contributed by atoms with Crippen molar-refractivity contribution in [3.05, 3.63) is 0 Å². The molecule has 0 radical (unpaired) electrons. The molecule has 0 bridgehead atoms. The summed E-state index contributed by atoms with van der Waals surface area (Å²) in [4.78, 5) is 0. The lowest BCUT2D eigenvalue weighted by atomic mass is 9.95. The van der Waals surface area contributed by atoms with Crippen LogP contribution in [0.2, 0.25) is 0 Å². The molecule has 2 heterocycles. The number of hydrogen-bond donors (Lipinski definition) is 0. The summed E-state index contributed by atoms with van der Waals surface area (Å²) in [7, 11) is 0. The Morgan fingerprint density at radius 1 is 0.184 bits per heavy atom. The molecule has 2 fully saturated rings. The van der Waals surface area contributed by atoms with Gasteiger partial charge < -0.3 is 56.8 Å². The average Bonchev–Trinajstić information content (AvgIpc) is 2.93. The van der Waals surface area contributed by atoms with Crippen molar-refractivity contribution < 1.29 is 56.8 Å². The Labute approximate surface area is 227 Å². The van der Waals surface area contributed by atoms with Crippen LogP contribution in [0, 0.1) is 11.8 Å². The summed E-state index contributed by atoms with van der Waals surface area (Å²) >= 11 is 0. The predicted molar refractivity (Wildman–Crippen MR) is 137 cm³/mol. The first kappa shape index (κ1) is 33.7. The van der Waals surface area contributed by atoms with Gasteiger partial charge in [0.05, 0.1) is 159 Å². The number of ether oxygens (including phenoxy) is 12. The third-order valence-corrected chi connectivity index (χ3v) is 5.71. The quantitative estimate of drug-likeness (QED) is 0.449. The lowest BCUT2D eigenvalue weighted by Crippen LogP contribution is -2.33. The molecular weight excluding hydrogens is 504 g/mol. The Balaban J connectivity index is 1.83. The van der Waals surface area contributed by atoms with Gasteiger partial charge in [-0.25, -0.2) is 0 Å². The van der Waals surface area contributed by atoms with Gasteiger partial charge in [0.25, 0.3) is 0 Å². The molecule has 12 heteroatoms.